The first-order valence-electron chi connectivity index (χ1n) is 9.60. The van der Waals surface area contributed by atoms with Gasteiger partial charge < -0.3 is 21.1 Å². The molecule has 0 aliphatic carbocycles. The molecule has 0 radical (unpaired) electrons. The number of nitrogens with one attached hydrogen (secondary N) is 2. The Morgan fingerprint density at radius 1 is 0.897 bits per heavy atom. The zero-order valence-electron chi connectivity index (χ0n) is 16.5. The summed E-state index contributed by atoms with van der Waals surface area (Å²) in [4.78, 5) is 36.6. The van der Waals surface area contributed by atoms with Crippen LogP contribution in [0.2, 0.25) is 0 Å². The Bertz CT molecular complexity index is 796. The van der Waals surface area contributed by atoms with E-state index in [1.165, 1.54) is 0 Å². The smallest absolute Gasteiger partial charge is 0.408 e. The second-order valence-electron chi connectivity index (χ2n) is 6.70. The van der Waals surface area contributed by atoms with Crippen LogP contribution in [0.5, 0.6) is 0 Å². The van der Waals surface area contributed by atoms with Crippen LogP contribution in [0.15, 0.2) is 60.7 Å². The molecule has 0 saturated carbocycles. The van der Waals surface area contributed by atoms with Crippen LogP contribution in [-0.4, -0.2) is 30.0 Å². The van der Waals surface area contributed by atoms with Crippen molar-refractivity contribution in [1.29, 1.82) is 0 Å². The van der Waals surface area contributed by atoms with Gasteiger partial charge in [-0.2, -0.15) is 0 Å². The molecule has 7 nitrogen and oxygen atoms in total. The predicted octanol–water partition coefficient (Wildman–Crippen LogP) is 2.29. The molecule has 2 atom stereocenters. The number of carbonyl (C=O) groups is 3. The second-order valence-corrected chi connectivity index (χ2v) is 6.70. The summed E-state index contributed by atoms with van der Waals surface area (Å²) in [6.07, 6.45) is 0.653. The number of ether oxygens (including phenoxy) is 1. The molecule has 0 aliphatic rings. The fraction of sp³-hybridized carbons (Fsp3) is 0.318. The summed E-state index contributed by atoms with van der Waals surface area (Å²) in [5.74, 6) is -1.10. The maximum absolute atomic E-state index is 12.7. The van der Waals surface area contributed by atoms with Crippen LogP contribution in [0.25, 0.3) is 0 Å². The molecule has 0 spiro atoms. The molecular weight excluding hydrogens is 370 g/mol. The van der Waals surface area contributed by atoms with E-state index in [1.54, 1.807) is 0 Å². The Morgan fingerprint density at radius 3 is 2.03 bits per heavy atom. The van der Waals surface area contributed by atoms with Crippen LogP contribution < -0.4 is 16.4 Å². The van der Waals surface area contributed by atoms with Crippen molar-refractivity contribution in [2.45, 2.75) is 44.9 Å². The molecule has 2 rings (SSSR count). The molecule has 0 saturated heterocycles. The van der Waals surface area contributed by atoms with Gasteiger partial charge in [0.1, 0.15) is 18.7 Å². The molecular formula is C22H27N3O4. The van der Waals surface area contributed by atoms with Crippen LogP contribution in [0.1, 0.15) is 30.9 Å². The SMILES string of the molecule is CCC[C@H](NC(=O)OCc1ccccc1)C(=O)N[C@@H](Cc1ccccc1)C(N)=O. The molecule has 0 heterocycles. The van der Waals surface area contributed by atoms with Gasteiger partial charge in [0.2, 0.25) is 11.8 Å². The van der Waals surface area contributed by atoms with Gasteiger partial charge in [0, 0.05) is 6.42 Å². The van der Waals surface area contributed by atoms with Crippen LogP contribution >= 0.6 is 0 Å². The fourth-order valence-electron chi connectivity index (χ4n) is 2.81. The number of alkyl carbamates (subject to hydrolysis) is 1. The van der Waals surface area contributed by atoms with E-state index in [0.717, 1.165) is 11.1 Å². The number of carbonyl (C=O) groups excluding carboxylic acids is 3. The van der Waals surface area contributed by atoms with Gasteiger partial charge in [-0.15, -0.1) is 0 Å². The van der Waals surface area contributed by atoms with Crippen molar-refractivity contribution in [2.75, 3.05) is 0 Å². The van der Waals surface area contributed by atoms with Crippen molar-refractivity contribution >= 4 is 17.9 Å². The lowest BCUT2D eigenvalue weighted by molar-refractivity contribution is -0.128. The predicted molar refractivity (Wildman–Crippen MR) is 110 cm³/mol. The lowest BCUT2D eigenvalue weighted by Gasteiger charge is -2.21. The molecule has 29 heavy (non-hydrogen) atoms. The van der Waals surface area contributed by atoms with Crippen LogP contribution in [0, 0.1) is 0 Å². The molecule has 2 aromatic carbocycles. The number of nitrogens with two attached hydrogens (primary N) is 1. The second kappa shape index (κ2) is 11.5. The normalized spacial score (nSPS) is 12.4. The molecule has 0 unspecified atom stereocenters. The van der Waals surface area contributed by atoms with E-state index in [1.807, 2.05) is 67.6 Å². The van der Waals surface area contributed by atoms with E-state index in [2.05, 4.69) is 10.6 Å². The number of hydrogen-bond acceptors (Lipinski definition) is 4. The van der Waals surface area contributed by atoms with E-state index >= 15 is 0 Å². The van der Waals surface area contributed by atoms with Crippen molar-refractivity contribution in [3.63, 3.8) is 0 Å². The van der Waals surface area contributed by atoms with Crippen LogP contribution in [0.3, 0.4) is 0 Å². The summed E-state index contributed by atoms with van der Waals surface area (Å²) >= 11 is 0. The Morgan fingerprint density at radius 2 is 1.48 bits per heavy atom. The summed E-state index contributed by atoms with van der Waals surface area (Å²) in [5, 5.41) is 5.22. The molecule has 2 aromatic rings. The molecule has 7 heteroatoms. The van der Waals surface area contributed by atoms with Gasteiger partial charge in [-0.25, -0.2) is 4.79 Å². The Balaban J connectivity index is 1.93. The van der Waals surface area contributed by atoms with Gasteiger partial charge in [0.25, 0.3) is 0 Å². The quantitative estimate of drug-likeness (QED) is 0.571. The lowest BCUT2D eigenvalue weighted by atomic mass is 10.0. The number of benzene rings is 2. The number of primary amides is 1. The summed E-state index contributed by atoms with van der Waals surface area (Å²) in [7, 11) is 0. The summed E-state index contributed by atoms with van der Waals surface area (Å²) in [6, 6.07) is 16.8. The Kier molecular flexibility index (Phi) is 8.69. The minimum absolute atomic E-state index is 0.102. The molecule has 3 amide bonds. The zero-order chi connectivity index (χ0) is 21.1. The zero-order valence-corrected chi connectivity index (χ0v) is 16.5. The first-order valence-corrected chi connectivity index (χ1v) is 9.60. The van der Waals surface area contributed by atoms with E-state index < -0.39 is 30.0 Å². The van der Waals surface area contributed by atoms with Gasteiger partial charge in [-0.1, -0.05) is 74.0 Å². The van der Waals surface area contributed by atoms with Gasteiger partial charge in [-0.05, 0) is 17.5 Å². The number of rotatable bonds is 10. The third-order valence-corrected chi connectivity index (χ3v) is 4.34. The lowest BCUT2D eigenvalue weighted by Crippen LogP contribution is -2.53. The first kappa shape index (κ1) is 21.9. The highest BCUT2D eigenvalue weighted by Crippen LogP contribution is 2.06. The molecule has 0 fully saturated rings. The van der Waals surface area contributed by atoms with Crippen molar-refractivity contribution in [2.24, 2.45) is 5.73 Å². The number of amides is 3. The summed E-state index contributed by atoms with van der Waals surface area (Å²) < 4.78 is 5.18. The van der Waals surface area contributed by atoms with Crippen molar-refractivity contribution in [1.82, 2.24) is 10.6 Å². The van der Waals surface area contributed by atoms with E-state index in [4.69, 9.17) is 10.5 Å². The van der Waals surface area contributed by atoms with Gasteiger partial charge in [0.15, 0.2) is 0 Å². The van der Waals surface area contributed by atoms with Crippen LogP contribution in [0.4, 0.5) is 4.79 Å². The first-order chi connectivity index (χ1) is 14.0. The van der Waals surface area contributed by atoms with Crippen LogP contribution in [-0.2, 0) is 27.4 Å². The maximum atomic E-state index is 12.7. The summed E-state index contributed by atoms with van der Waals surface area (Å²) in [6.45, 7) is 2.00. The Labute approximate surface area is 170 Å². The molecule has 4 N–H and O–H groups in total. The highest BCUT2D eigenvalue weighted by molar-refractivity contribution is 5.90. The van der Waals surface area contributed by atoms with Crippen molar-refractivity contribution < 1.29 is 19.1 Å². The highest BCUT2D eigenvalue weighted by Gasteiger charge is 2.25. The Hall–Kier alpha value is -3.35. The third kappa shape index (κ3) is 7.65. The average Bonchev–Trinajstić information content (AvgIpc) is 2.73. The minimum Gasteiger partial charge on any atom is -0.445 e. The highest BCUT2D eigenvalue weighted by atomic mass is 16.5. The molecule has 154 valence electrons. The summed E-state index contributed by atoms with van der Waals surface area (Å²) in [5.41, 5.74) is 7.17. The topological polar surface area (TPSA) is 111 Å². The minimum atomic E-state index is -0.869. The van der Waals surface area contributed by atoms with Gasteiger partial charge >= 0.3 is 6.09 Å². The van der Waals surface area contributed by atoms with Gasteiger partial charge in [0.05, 0.1) is 0 Å². The molecule has 0 aromatic heterocycles. The maximum Gasteiger partial charge on any atom is 0.408 e. The van der Waals surface area contributed by atoms with Crippen molar-refractivity contribution in [3.8, 4) is 0 Å². The van der Waals surface area contributed by atoms with E-state index in [9.17, 15) is 14.4 Å². The largest absolute Gasteiger partial charge is 0.445 e. The molecule has 0 bridgehead atoms. The monoisotopic (exact) mass is 397 g/mol. The van der Waals surface area contributed by atoms with E-state index in [-0.39, 0.29) is 13.0 Å². The third-order valence-electron chi connectivity index (χ3n) is 4.34. The molecule has 0 aliphatic heterocycles. The standard InChI is InChI=1S/C22H27N3O4/c1-2-9-18(25-22(28)29-15-17-12-7-4-8-13-17)21(27)24-19(20(23)26)14-16-10-5-3-6-11-16/h3-8,10-13,18-19H,2,9,14-15H2,1H3,(H2,23,26)(H,24,27)(H,25,28)/t18-,19-/m0/s1. The van der Waals surface area contributed by atoms with Gasteiger partial charge in [-0.3, -0.25) is 9.59 Å². The van der Waals surface area contributed by atoms with E-state index in [0.29, 0.717) is 12.8 Å². The number of hydrogen-bond donors (Lipinski definition) is 3. The fourth-order valence-corrected chi connectivity index (χ4v) is 2.81. The average molecular weight is 397 g/mol. The van der Waals surface area contributed by atoms with Crippen molar-refractivity contribution in [3.05, 3.63) is 71.8 Å².